The third kappa shape index (κ3) is 4.45. The van der Waals surface area contributed by atoms with Crippen molar-refractivity contribution in [2.45, 2.75) is 57.4 Å². The van der Waals surface area contributed by atoms with Crippen LogP contribution in [0.1, 0.15) is 51.4 Å². The number of anilines is 4. The van der Waals surface area contributed by atoms with Gasteiger partial charge in [-0.05, 0) is 62.4 Å². The number of rotatable bonds is 5. The lowest BCUT2D eigenvalue weighted by atomic mass is 9.96. The van der Waals surface area contributed by atoms with Gasteiger partial charge in [0.1, 0.15) is 5.82 Å². The number of hydrogen-bond donors (Lipinski definition) is 2. The van der Waals surface area contributed by atoms with Crippen LogP contribution in [0.3, 0.4) is 0 Å². The van der Waals surface area contributed by atoms with E-state index in [4.69, 9.17) is 0 Å². The molecule has 0 spiro atoms. The highest BCUT2D eigenvalue weighted by molar-refractivity contribution is 5.61. The van der Waals surface area contributed by atoms with Crippen LogP contribution in [0.2, 0.25) is 0 Å². The molecule has 2 aliphatic rings. The van der Waals surface area contributed by atoms with Crippen molar-refractivity contribution in [1.82, 2.24) is 9.97 Å². The summed E-state index contributed by atoms with van der Waals surface area (Å²) in [7, 11) is 0. The molecule has 0 bridgehead atoms. The first-order valence-corrected chi connectivity index (χ1v) is 10.1. The molecule has 1 saturated heterocycles. The second-order valence-electron chi connectivity index (χ2n) is 7.46. The Morgan fingerprint density at radius 3 is 2.35 bits per heavy atom. The Hall–Kier alpha value is -2.30. The minimum absolute atomic E-state index is 0.517. The van der Waals surface area contributed by atoms with E-state index in [9.17, 15) is 0 Å². The molecule has 0 radical (unpaired) electrons. The molecular weight excluding hydrogens is 322 g/mol. The summed E-state index contributed by atoms with van der Waals surface area (Å²) in [4.78, 5) is 11.5. The standard InChI is InChI=1S/C21H29N5/c1-3-7-17(8-4-1)24-21-22-14-13-20(25-21)23-18-9-11-19(12-10-18)26-15-5-2-6-16-26/h9-14,17H,1-8,15-16H2,(H2,22,23,24,25). The van der Waals surface area contributed by atoms with Crippen LogP contribution in [0.25, 0.3) is 0 Å². The highest BCUT2D eigenvalue weighted by atomic mass is 15.2. The van der Waals surface area contributed by atoms with Gasteiger partial charge in [0, 0.05) is 36.7 Å². The van der Waals surface area contributed by atoms with Crippen molar-refractivity contribution in [3.05, 3.63) is 36.5 Å². The molecule has 1 saturated carbocycles. The summed E-state index contributed by atoms with van der Waals surface area (Å²) in [5.74, 6) is 1.57. The van der Waals surface area contributed by atoms with Crippen molar-refractivity contribution in [3.63, 3.8) is 0 Å². The largest absolute Gasteiger partial charge is 0.372 e. The summed E-state index contributed by atoms with van der Waals surface area (Å²) in [6.07, 6.45) is 12.2. The fourth-order valence-corrected chi connectivity index (χ4v) is 3.98. The molecule has 2 fully saturated rings. The zero-order chi connectivity index (χ0) is 17.6. The first-order chi connectivity index (χ1) is 12.9. The van der Waals surface area contributed by atoms with Crippen LogP contribution in [0, 0.1) is 0 Å². The lowest BCUT2D eigenvalue weighted by Gasteiger charge is -2.28. The molecule has 2 aromatic rings. The van der Waals surface area contributed by atoms with Crippen LogP contribution < -0.4 is 15.5 Å². The third-order valence-corrected chi connectivity index (χ3v) is 5.45. The summed E-state index contributed by atoms with van der Waals surface area (Å²) in [5, 5.41) is 6.89. The van der Waals surface area contributed by atoms with Gasteiger partial charge in [0.2, 0.25) is 5.95 Å². The number of hydrogen-bond acceptors (Lipinski definition) is 5. The van der Waals surface area contributed by atoms with Gasteiger partial charge in [-0.1, -0.05) is 19.3 Å². The van der Waals surface area contributed by atoms with Crippen molar-refractivity contribution in [2.75, 3.05) is 28.6 Å². The van der Waals surface area contributed by atoms with Gasteiger partial charge in [-0.2, -0.15) is 4.98 Å². The molecule has 1 aromatic carbocycles. The molecule has 5 nitrogen and oxygen atoms in total. The highest BCUT2D eigenvalue weighted by Crippen LogP contribution is 2.24. The Morgan fingerprint density at radius 2 is 1.58 bits per heavy atom. The fourth-order valence-electron chi connectivity index (χ4n) is 3.98. The molecule has 26 heavy (non-hydrogen) atoms. The molecule has 1 aromatic heterocycles. The smallest absolute Gasteiger partial charge is 0.224 e. The minimum atomic E-state index is 0.517. The van der Waals surface area contributed by atoms with Crippen molar-refractivity contribution in [1.29, 1.82) is 0 Å². The highest BCUT2D eigenvalue weighted by Gasteiger charge is 2.14. The quantitative estimate of drug-likeness (QED) is 0.798. The molecule has 1 aliphatic carbocycles. The van der Waals surface area contributed by atoms with E-state index < -0.39 is 0 Å². The Balaban J connectivity index is 1.38. The lowest BCUT2D eigenvalue weighted by molar-refractivity contribution is 0.461. The molecule has 5 heteroatoms. The number of aromatic nitrogens is 2. The number of piperidine rings is 1. The Morgan fingerprint density at radius 1 is 0.846 bits per heavy atom. The first kappa shape index (κ1) is 17.1. The zero-order valence-electron chi connectivity index (χ0n) is 15.5. The average Bonchev–Trinajstić information content (AvgIpc) is 2.70. The van der Waals surface area contributed by atoms with E-state index in [1.165, 1.54) is 70.1 Å². The van der Waals surface area contributed by atoms with Gasteiger partial charge in [-0.15, -0.1) is 0 Å². The minimum Gasteiger partial charge on any atom is -0.372 e. The van der Waals surface area contributed by atoms with Crippen molar-refractivity contribution < 1.29 is 0 Å². The summed E-state index contributed by atoms with van der Waals surface area (Å²) in [5.41, 5.74) is 2.38. The molecule has 2 heterocycles. The van der Waals surface area contributed by atoms with Crippen LogP contribution in [0.5, 0.6) is 0 Å². The van der Waals surface area contributed by atoms with Crippen LogP contribution in [0.15, 0.2) is 36.5 Å². The molecule has 138 valence electrons. The summed E-state index contributed by atoms with van der Waals surface area (Å²) < 4.78 is 0. The van der Waals surface area contributed by atoms with E-state index in [1.807, 2.05) is 12.3 Å². The van der Waals surface area contributed by atoms with Gasteiger partial charge in [-0.25, -0.2) is 4.98 Å². The second kappa shape index (κ2) is 8.39. The van der Waals surface area contributed by atoms with Gasteiger partial charge < -0.3 is 15.5 Å². The van der Waals surface area contributed by atoms with Gasteiger partial charge in [0.25, 0.3) is 0 Å². The fraction of sp³-hybridized carbons (Fsp3) is 0.524. The van der Waals surface area contributed by atoms with E-state index in [1.54, 1.807) is 0 Å². The van der Waals surface area contributed by atoms with Crippen LogP contribution in [-0.4, -0.2) is 29.1 Å². The second-order valence-corrected chi connectivity index (χ2v) is 7.46. The molecule has 0 amide bonds. The van der Waals surface area contributed by atoms with Crippen LogP contribution >= 0.6 is 0 Å². The van der Waals surface area contributed by atoms with Gasteiger partial charge in [0.05, 0.1) is 0 Å². The van der Waals surface area contributed by atoms with Gasteiger partial charge in [0.15, 0.2) is 0 Å². The van der Waals surface area contributed by atoms with Crippen LogP contribution in [0.4, 0.5) is 23.1 Å². The van der Waals surface area contributed by atoms with E-state index in [-0.39, 0.29) is 0 Å². The summed E-state index contributed by atoms with van der Waals surface area (Å²) >= 11 is 0. The molecule has 4 rings (SSSR count). The van der Waals surface area contributed by atoms with E-state index in [2.05, 4.69) is 49.8 Å². The number of nitrogens with zero attached hydrogens (tertiary/aromatic N) is 3. The van der Waals surface area contributed by atoms with Gasteiger partial charge in [-0.3, -0.25) is 0 Å². The molecule has 2 N–H and O–H groups in total. The predicted octanol–water partition coefficient (Wildman–Crippen LogP) is 4.96. The van der Waals surface area contributed by atoms with Crippen molar-refractivity contribution in [3.8, 4) is 0 Å². The molecule has 1 aliphatic heterocycles. The normalized spacial score (nSPS) is 18.5. The maximum Gasteiger partial charge on any atom is 0.224 e. The maximum atomic E-state index is 4.63. The van der Waals surface area contributed by atoms with E-state index in [0.29, 0.717) is 6.04 Å². The van der Waals surface area contributed by atoms with Crippen LogP contribution in [-0.2, 0) is 0 Å². The predicted molar refractivity (Wildman–Crippen MR) is 108 cm³/mol. The number of benzene rings is 1. The first-order valence-electron chi connectivity index (χ1n) is 10.1. The lowest BCUT2D eigenvalue weighted by Crippen LogP contribution is -2.29. The molecule has 0 atom stereocenters. The van der Waals surface area contributed by atoms with E-state index >= 15 is 0 Å². The monoisotopic (exact) mass is 351 g/mol. The molecular formula is C21H29N5. The van der Waals surface area contributed by atoms with E-state index in [0.717, 1.165) is 17.5 Å². The number of nitrogens with one attached hydrogen (secondary N) is 2. The Labute approximate surface area is 156 Å². The van der Waals surface area contributed by atoms with Crippen molar-refractivity contribution >= 4 is 23.1 Å². The Bertz CT molecular complexity index is 688. The zero-order valence-corrected chi connectivity index (χ0v) is 15.5. The van der Waals surface area contributed by atoms with Gasteiger partial charge >= 0.3 is 0 Å². The van der Waals surface area contributed by atoms with Crippen molar-refractivity contribution in [2.24, 2.45) is 0 Å². The average molecular weight is 351 g/mol. The summed E-state index contributed by atoms with van der Waals surface area (Å²) in [6.45, 7) is 2.35. The summed E-state index contributed by atoms with van der Waals surface area (Å²) in [6, 6.07) is 11.1. The Kier molecular flexibility index (Phi) is 5.53. The molecule has 0 unspecified atom stereocenters. The maximum absolute atomic E-state index is 4.63. The third-order valence-electron chi connectivity index (χ3n) is 5.45. The SMILES string of the molecule is c1cc(Nc2ccc(N3CCCCC3)cc2)nc(NC2CCCCC2)n1. The topological polar surface area (TPSA) is 53.1 Å².